The second-order valence-electron chi connectivity index (χ2n) is 2.86. The Bertz CT molecular complexity index is 210. The van der Waals surface area contributed by atoms with Crippen LogP contribution in [0.4, 0.5) is 0 Å². The number of hydrazine groups is 2. The van der Waals surface area contributed by atoms with Gasteiger partial charge in [-0.05, 0) is 12.8 Å². The molecule has 8 heteroatoms. The van der Waals surface area contributed by atoms with E-state index in [1.165, 1.54) is 0 Å². The number of hydrogen-bond acceptors (Lipinski definition) is 5. The molecule has 0 heterocycles. The van der Waals surface area contributed by atoms with Gasteiger partial charge in [0.25, 0.3) is 5.97 Å². The maximum atomic E-state index is 10.6. The van der Waals surface area contributed by atoms with Crippen LogP contribution in [0.2, 0.25) is 0 Å². The summed E-state index contributed by atoms with van der Waals surface area (Å²) >= 11 is 0. The Hall–Kier alpha value is -1.67. The Morgan fingerprint density at radius 3 is 1.44 bits per heavy atom. The zero-order valence-electron chi connectivity index (χ0n) is 9.16. The van der Waals surface area contributed by atoms with Crippen LogP contribution < -0.4 is 22.5 Å². The van der Waals surface area contributed by atoms with Crippen LogP contribution in [0.5, 0.6) is 0 Å². The number of carbonyl (C=O) groups is 3. The van der Waals surface area contributed by atoms with E-state index in [-0.39, 0.29) is 11.8 Å². The summed E-state index contributed by atoms with van der Waals surface area (Å²) in [5.41, 5.74) is 4.01. The Morgan fingerprint density at radius 2 is 1.25 bits per heavy atom. The lowest BCUT2D eigenvalue weighted by atomic mass is 10.2. The Kier molecular flexibility index (Phi) is 11.9. The molecule has 0 spiro atoms. The van der Waals surface area contributed by atoms with Gasteiger partial charge in [0.2, 0.25) is 11.8 Å². The van der Waals surface area contributed by atoms with Gasteiger partial charge < -0.3 is 5.11 Å². The first-order valence-corrected chi connectivity index (χ1v) is 4.62. The van der Waals surface area contributed by atoms with Gasteiger partial charge in [0.05, 0.1) is 0 Å². The molecule has 0 aliphatic carbocycles. The van der Waals surface area contributed by atoms with E-state index >= 15 is 0 Å². The molecule has 0 aromatic heterocycles. The minimum absolute atomic E-state index is 0.219. The number of aliphatic carboxylic acids is 1. The normalized spacial score (nSPS) is 8.44. The number of carboxylic acid groups (broad SMARTS) is 1. The van der Waals surface area contributed by atoms with Crippen LogP contribution in [0.3, 0.4) is 0 Å². The van der Waals surface area contributed by atoms with Gasteiger partial charge in [-0.2, -0.15) is 0 Å². The maximum Gasteiger partial charge on any atom is 0.300 e. The zero-order chi connectivity index (χ0) is 13.0. The fraction of sp³-hybridized carbons (Fsp3) is 0.625. The molecule has 0 unspecified atom stereocenters. The van der Waals surface area contributed by atoms with Gasteiger partial charge >= 0.3 is 0 Å². The molecule has 0 rings (SSSR count). The number of nitrogens with two attached hydrogens (primary N) is 2. The highest BCUT2D eigenvalue weighted by Gasteiger charge is 2.00. The van der Waals surface area contributed by atoms with Gasteiger partial charge in [-0.25, -0.2) is 11.7 Å². The predicted octanol–water partition coefficient (Wildman–Crippen LogP) is -1.38. The molecule has 0 saturated carbocycles. The lowest BCUT2D eigenvalue weighted by molar-refractivity contribution is -0.134. The van der Waals surface area contributed by atoms with Gasteiger partial charge in [-0.1, -0.05) is 0 Å². The van der Waals surface area contributed by atoms with Gasteiger partial charge in [0.1, 0.15) is 0 Å². The Labute approximate surface area is 93.3 Å². The van der Waals surface area contributed by atoms with Crippen LogP contribution in [0.1, 0.15) is 32.6 Å². The van der Waals surface area contributed by atoms with Gasteiger partial charge in [0.15, 0.2) is 0 Å². The lowest BCUT2D eigenvalue weighted by Crippen LogP contribution is -2.30. The summed E-state index contributed by atoms with van der Waals surface area (Å²) in [6, 6.07) is 0. The van der Waals surface area contributed by atoms with Gasteiger partial charge in [0, 0.05) is 19.8 Å². The van der Waals surface area contributed by atoms with Crippen molar-refractivity contribution in [3.8, 4) is 0 Å². The number of carboxylic acids is 1. The van der Waals surface area contributed by atoms with E-state index in [1.807, 2.05) is 10.9 Å². The molecule has 8 nitrogen and oxygen atoms in total. The van der Waals surface area contributed by atoms with Crippen molar-refractivity contribution in [1.82, 2.24) is 10.9 Å². The van der Waals surface area contributed by atoms with Gasteiger partial charge in [-0.15, -0.1) is 0 Å². The molecule has 0 atom stereocenters. The van der Waals surface area contributed by atoms with Crippen LogP contribution in [0.25, 0.3) is 0 Å². The van der Waals surface area contributed by atoms with Crippen molar-refractivity contribution in [2.75, 3.05) is 0 Å². The molecule has 0 saturated heterocycles. The highest BCUT2D eigenvalue weighted by Crippen LogP contribution is 1.98. The lowest BCUT2D eigenvalue weighted by Gasteiger charge is -1.99. The van der Waals surface area contributed by atoms with Gasteiger partial charge in [-0.3, -0.25) is 25.2 Å². The van der Waals surface area contributed by atoms with Crippen molar-refractivity contribution >= 4 is 17.8 Å². The number of carbonyl (C=O) groups excluding carboxylic acids is 2. The van der Waals surface area contributed by atoms with Crippen molar-refractivity contribution in [1.29, 1.82) is 0 Å². The first-order chi connectivity index (χ1) is 7.43. The summed E-state index contributed by atoms with van der Waals surface area (Å²) in [7, 11) is 0. The summed E-state index contributed by atoms with van der Waals surface area (Å²) < 4.78 is 0. The van der Waals surface area contributed by atoms with E-state index in [4.69, 9.17) is 21.6 Å². The van der Waals surface area contributed by atoms with E-state index in [1.54, 1.807) is 0 Å². The van der Waals surface area contributed by atoms with E-state index < -0.39 is 5.97 Å². The molecule has 0 fully saturated rings. The van der Waals surface area contributed by atoms with Crippen LogP contribution in [0, 0.1) is 0 Å². The molecule has 0 aromatic carbocycles. The van der Waals surface area contributed by atoms with Crippen molar-refractivity contribution in [2.24, 2.45) is 11.7 Å². The fourth-order valence-corrected chi connectivity index (χ4v) is 0.715. The number of rotatable bonds is 5. The third-order valence-electron chi connectivity index (χ3n) is 1.38. The number of hydrogen-bond donors (Lipinski definition) is 5. The second kappa shape index (κ2) is 11.4. The molecule has 94 valence electrons. The Morgan fingerprint density at radius 1 is 1.00 bits per heavy atom. The summed E-state index contributed by atoms with van der Waals surface area (Å²) in [6.07, 6.45) is 1.95. The monoisotopic (exact) mass is 234 g/mol. The molecule has 0 aromatic rings. The highest BCUT2D eigenvalue weighted by atomic mass is 16.4. The minimum atomic E-state index is -0.833. The quantitative estimate of drug-likeness (QED) is 0.171. The number of nitrogens with one attached hydrogen (secondary N) is 2. The average Bonchev–Trinajstić information content (AvgIpc) is 2.22. The molecule has 16 heavy (non-hydrogen) atoms. The second-order valence-corrected chi connectivity index (χ2v) is 2.86. The molecule has 0 aliphatic rings. The van der Waals surface area contributed by atoms with Crippen molar-refractivity contribution in [2.45, 2.75) is 32.6 Å². The average molecular weight is 234 g/mol. The molecule has 7 N–H and O–H groups in total. The van der Waals surface area contributed by atoms with Crippen LogP contribution >= 0.6 is 0 Å². The number of amides is 2. The standard InChI is InChI=1S/C6H14N4O2.C2H4O2/c7-9-5(11)3-1-2-4-6(12)10-8;1-2(3)4/h1-4,7-8H2,(H,9,11)(H,10,12);1H3,(H,3,4). The summed E-state index contributed by atoms with van der Waals surface area (Å²) in [6.45, 7) is 1.08. The predicted molar refractivity (Wildman–Crippen MR) is 56.4 cm³/mol. The Balaban J connectivity index is 0. The summed E-state index contributed by atoms with van der Waals surface area (Å²) in [5, 5.41) is 7.42. The summed E-state index contributed by atoms with van der Waals surface area (Å²) in [5.74, 6) is 8.41. The summed E-state index contributed by atoms with van der Waals surface area (Å²) in [4.78, 5) is 30.1. The van der Waals surface area contributed by atoms with Crippen LogP contribution in [-0.2, 0) is 14.4 Å². The minimum Gasteiger partial charge on any atom is -0.481 e. The largest absolute Gasteiger partial charge is 0.481 e. The molecule has 0 radical (unpaired) electrons. The van der Waals surface area contributed by atoms with E-state index in [9.17, 15) is 9.59 Å². The molecular weight excluding hydrogens is 216 g/mol. The maximum absolute atomic E-state index is 10.6. The molecule has 0 bridgehead atoms. The molecule has 0 aliphatic heterocycles. The van der Waals surface area contributed by atoms with E-state index in [0.29, 0.717) is 25.7 Å². The molecule has 2 amide bonds. The molecular formula is C8H18N4O4. The van der Waals surface area contributed by atoms with Crippen molar-refractivity contribution in [3.63, 3.8) is 0 Å². The third-order valence-corrected chi connectivity index (χ3v) is 1.38. The first kappa shape index (κ1) is 16.7. The topological polar surface area (TPSA) is 148 Å². The first-order valence-electron chi connectivity index (χ1n) is 4.62. The smallest absolute Gasteiger partial charge is 0.300 e. The van der Waals surface area contributed by atoms with Crippen LogP contribution in [-0.4, -0.2) is 22.9 Å². The third kappa shape index (κ3) is 18.2. The van der Waals surface area contributed by atoms with Crippen molar-refractivity contribution < 1.29 is 19.5 Å². The number of unbranched alkanes of at least 4 members (excludes halogenated alkanes) is 1. The van der Waals surface area contributed by atoms with E-state index in [0.717, 1.165) is 6.92 Å². The van der Waals surface area contributed by atoms with Crippen molar-refractivity contribution in [3.05, 3.63) is 0 Å². The zero-order valence-corrected chi connectivity index (χ0v) is 9.16. The van der Waals surface area contributed by atoms with E-state index in [2.05, 4.69) is 0 Å². The SMILES string of the molecule is CC(=O)O.NNC(=O)CCCCC(=O)NN. The fourth-order valence-electron chi connectivity index (χ4n) is 0.715. The van der Waals surface area contributed by atoms with Crippen LogP contribution in [0.15, 0.2) is 0 Å². The highest BCUT2D eigenvalue weighted by molar-refractivity contribution is 5.76.